The first-order valence-corrected chi connectivity index (χ1v) is 5.04. The van der Waals surface area contributed by atoms with Crippen LogP contribution in [0.3, 0.4) is 0 Å². The molecule has 0 saturated heterocycles. The average Bonchev–Trinajstić information content (AvgIpc) is 2.28. The lowest BCUT2D eigenvalue weighted by atomic mass is 9.96. The smallest absolute Gasteiger partial charge is 0.00667 e. The van der Waals surface area contributed by atoms with Gasteiger partial charge in [-0.1, -0.05) is 32.6 Å². The third kappa shape index (κ3) is 2.82. The largest absolute Gasteiger partial charge is 0.317 e. The second kappa shape index (κ2) is 4.76. The van der Waals surface area contributed by atoms with Crippen molar-refractivity contribution in [3.05, 3.63) is 0 Å². The van der Waals surface area contributed by atoms with Crippen molar-refractivity contribution in [1.29, 1.82) is 0 Å². The maximum atomic E-state index is 3.41. The summed E-state index contributed by atoms with van der Waals surface area (Å²) >= 11 is 0. The second-order valence-electron chi connectivity index (χ2n) is 3.78. The zero-order chi connectivity index (χ0) is 8.10. The average molecular weight is 155 g/mol. The lowest BCUT2D eigenvalue weighted by molar-refractivity contribution is 0.393. The SMILES string of the molecule is CCC1CCCCC(NC)C1. The molecule has 1 aliphatic rings. The summed E-state index contributed by atoms with van der Waals surface area (Å²) in [5, 5.41) is 3.41. The standard InChI is InChI=1S/C10H21N/c1-3-9-6-4-5-7-10(8-9)11-2/h9-11H,3-8H2,1-2H3. The summed E-state index contributed by atoms with van der Waals surface area (Å²) in [5.41, 5.74) is 0. The summed E-state index contributed by atoms with van der Waals surface area (Å²) in [6.45, 7) is 2.32. The van der Waals surface area contributed by atoms with E-state index in [0.717, 1.165) is 12.0 Å². The highest BCUT2D eigenvalue weighted by Gasteiger charge is 2.16. The molecule has 1 nitrogen and oxygen atoms in total. The van der Waals surface area contributed by atoms with Gasteiger partial charge in [-0.05, 0) is 25.8 Å². The molecule has 1 heteroatoms. The molecule has 0 spiro atoms. The van der Waals surface area contributed by atoms with Gasteiger partial charge < -0.3 is 5.32 Å². The Bertz CT molecular complexity index is 89.0. The maximum Gasteiger partial charge on any atom is 0.00667 e. The van der Waals surface area contributed by atoms with E-state index >= 15 is 0 Å². The van der Waals surface area contributed by atoms with Crippen molar-refractivity contribution in [3.8, 4) is 0 Å². The van der Waals surface area contributed by atoms with Crippen LogP contribution in [0.25, 0.3) is 0 Å². The summed E-state index contributed by atoms with van der Waals surface area (Å²) in [6.07, 6.45) is 8.53. The lowest BCUT2D eigenvalue weighted by Crippen LogP contribution is -2.26. The minimum absolute atomic E-state index is 0.808. The van der Waals surface area contributed by atoms with Crippen molar-refractivity contribution in [2.75, 3.05) is 7.05 Å². The van der Waals surface area contributed by atoms with Crippen LogP contribution in [-0.2, 0) is 0 Å². The zero-order valence-electron chi connectivity index (χ0n) is 7.90. The fraction of sp³-hybridized carbons (Fsp3) is 1.00. The van der Waals surface area contributed by atoms with Crippen LogP contribution < -0.4 is 5.32 Å². The summed E-state index contributed by atoms with van der Waals surface area (Å²) in [6, 6.07) is 0.808. The predicted molar refractivity (Wildman–Crippen MR) is 49.7 cm³/mol. The van der Waals surface area contributed by atoms with E-state index in [9.17, 15) is 0 Å². The Morgan fingerprint density at radius 3 is 2.64 bits per heavy atom. The van der Waals surface area contributed by atoms with E-state index < -0.39 is 0 Å². The number of hydrogen-bond acceptors (Lipinski definition) is 1. The van der Waals surface area contributed by atoms with E-state index in [-0.39, 0.29) is 0 Å². The van der Waals surface area contributed by atoms with Crippen LogP contribution in [0.5, 0.6) is 0 Å². The van der Waals surface area contributed by atoms with Gasteiger partial charge in [0.2, 0.25) is 0 Å². The minimum atomic E-state index is 0.808. The molecular formula is C10H21N. The first-order chi connectivity index (χ1) is 5.36. The fourth-order valence-electron chi connectivity index (χ4n) is 2.09. The Labute approximate surface area is 70.6 Å². The Morgan fingerprint density at radius 1 is 1.27 bits per heavy atom. The molecule has 0 amide bonds. The van der Waals surface area contributed by atoms with Gasteiger partial charge in [-0.3, -0.25) is 0 Å². The Balaban J connectivity index is 2.33. The van der Waals surface area contributed by atoms with E-state index in [1.807, 2.05) is 0 Å². The van der Waals surface area contributed by atoms with Crippen molar-refractivity contribution < 1.29 is 0 Å². The van der Waals surface area contributed by atoms with Crippen molar-refractivity contribution >= 4 is 0 Å². The summed E-state index contributed by atoms with van der Waals surface area (Å²) in [5.74, 6) is 0.995. The number of hydrogen-bond donors (Lipinski definition) is 1. The molecule has 1 aliphatic carbocycles. The molecule has 0 radical (unpaired) electrons. The third-order valence-corrected chi connectivity index (χ3v) is 3.02. The highest BCUT2D eigenvalue weighted by atomic mass is 14.9. The van der Waals surface area contributed by atoms with Crippen LogP contribution in [0, 0.1) is 5.92 Å². The van der Waals surface area contributed by atoms with Crippen LogP contribution in [0.4, 0.5) is 0 Å². The Hall–Kier alpha value is -0.0400. The van der Waals surface area contributed by atoms with E-state index in [1.165, 1.54) is 38.5 Å². The van der Waals surface area contributed by atoms with Crippen molar-refractivity contribution in [1.82, 2.24) is 5.32 Å². The van der Waals surface area contributed by atoms with Crippen LogP contribution >= 0.6 is 0 Å². The molecule has 0 aromatic heterocycles. The number of rotatable bonds is 2. The monoisotopic (exact) mass is 155 g/mol. The van der Waals surface area contributed by atoms with Crippen molar-refractivity contribution in [2.24, 2.45) is 5.92 Å². The molecule has 1 rings (SSSR count). The molecular weight excluding hydrogens is 134 g/mol. The minimum Gasteiger partial charge on any atom is -0.317 e. The Morgan fingerprint density at radius 2 is 2.00 bits per heavy atom. The summed E-state index contributed by atoms with van der Waals surface area (Å²) < 4.78 is 0. The van der Waals surface area contributed by atoms with E-state index in [1.54, 1.807) is 0 Å². The molecule has 2 unspecified atom stereocenters. The van der Waals surface area contributed by atoms with Crippen molar-refractivity contribution in [2.45, 2.75) is 51.5 Å². The normalized spacial score (nSPS) is 33.3. The second-order valence-corrected chi connectivity index (χ2v) is 3.78. The molecule has 66 valence electrons. The third-order valence-electron chi connectivity index (χ3n) is 3.02. The van der Waals surface area contributed by atoms with Crippen LogP contribution in [-0.4, -0.2) is 13.1 Å². The van der Waals surface area contributed by atoms with Crippen LogP contribution in [0.15, 0.2) is 0 Å². The highest BCUT2D eigenvalue weighted by Crippen LogP contribution is 2.25. The summed E-state index contributed by atoms with van der Waals surface area (Å²) in [4.78, 5) is 0. The molecule has 2 atom stereocenters. The first-order valence-electron chi connectivity index (χ1n) is 5.04. The molecule has 1 N–H and O–H groups in total. The molecule has 1 saturated carbocycles. The van der Waals surface area contributed by atoms with Gasteiger partial charge in [0.15, 0.2) is 0 Å². The summed E-state index contributed by atoms with van der Waals surface area (Å²) in [7, 11) is 2.10. The highest BCUT2D eigenvalue weighted by molar-refractivity contribution is 4.73. The fourth-order valence-corrected chi connectivity index (χ4v) is 2.09. The zero-order valence-corrected chi connectivity index (χ0v) is 7.90. The molecule has 11 heavy (non-hydrogen) atoms. The maximum absolute atomic E-state index is 3.41. The van der Waals surface area contributed by atoms with Gasteiger partial charge >= 0.3 is 0 Å². The molecule has 0 heterocycles. The van der Waals surface area contributed by atoms with Gasteiger partial charge in [0.05, 0.1) is 0 Å². The van der Waals surface area contributed by atoms with Gasteiger partial charge in [0.1, 0.15) is 0 Å². The van der Waals surface area contributed by atoms with Gasteiger partial charge in [-0.25, -0.2) is 0 Å². The first kappa shape index (κ1) is 9.05. The van der Waals surface area contributed by atoms with E-state index in [0.29, 0.717) is 0 Å². The number of nitrogens with one attached hydrogen (secondary N) is 1. The molecule has 0 aromatic carbocycles. The van der Waals surface area contributed by atoms with Gasteiger partial charge in [-0.15, -0.1) is 0 Å². The van der Waals surface area contributed by atoms with Crippen LogP contribution in [0.2, 0.25) is 0 Å². The van der Waals surface area contributed by atoms with E-state index in [2.05, 4.69) is 19.3 Å². The quantitative estimate of drug-likeness (QED) is 0.604. The Kier molecular flexibility index (Phi) is 3.92. The lowest BCUT2D eigenvalue weighted by Gasteiger charge is -2.17. The van der Waals surface area contributed by atoms with Gasteiger partial charge in [0.25, 0.3) is 0 Å². The van der Waals surface area contributed by atoms with Gasteiger partial charge in [0, 0.05) is 6.04 Å². The van der Waals surface area contributed by atoms with Crippen molar-refractivity contribution in [3.63, 3.8) is 0 Å². The van der Waals surface area contributed by atoms with Crippen LogP contribution in [0.1, 0.15) is 45.4 Å². The molecule has 0 aliphatic heterocycles. The van der Waals surface area contributed by atoms with Gasteiger partial charge in [-0.2, -0.15) is 0 Å². The molecule has 0 aromatic rings. The molecule has 0 bridgehead atoms. The molecule has 1 fully saturated rings. The predicted octanol–water partition coefficient (Wildman–Crippen LogP) is 2.56. The van der Waals surface area contributed by atoms with E-state index in [4.69, 9.17) is 0 Å². The topological polar surface area (TPSA) is 12.0 Å².